The van der Waals surface area contributed by atoms with E-state index in [2.05, 4.69) is 29.0 Å². The lowest BCUT2D eigenvalue weighted by Crippen LogP contribution is -2.54. The first-order chi connectivity index (χ1) is 7.16. The van der Waals surface area contributed by atoms with Crippen molar-refractivity contribution in [2.75, 3.05) is 18.0 Å². The zero-order chi connectivity index (χ0) is 10.8. The number of nitrogens with zero attached hydrogens (tertiary/aromatic N) is 2. The minimum atomic E-state index is -0.411. The smallest absolute Gasteiger partial charge is 0.214 e. The van der Waals surface area contributed by atoms with Crippen LogP contribution < -0.4 is 10.2 Å². The Morgan fingerprint density at radius 2 is 2.27 bits per heavy atom. The Bertz CT molecular complexity index is 342. The van der Waals surface area contributed by atoms with Crippen LogP contribution in [0.2, 0.25) is 0 Å². The summed E-state index contributed by atoms with van der Waals surface area (Å²) in [6.07, 6.45) is 0. The number of halogens is 1. The van der Waals surface area contributed by atoms with Gasteiger partial charge in [-0.2, -0.15) is 4.39 Å². The van der Waals surface area contributed by atoms with Gasteiger partial charge in [0.25, 0.3) is 0 Å². The average molecular weight is 209 g/mol. The minimum absolute atomic E-state index is 0.357. The molecule has 1 aliphatic rings. The maximum atomic E-state index is 13.0. The molecule has 0 bridgehead atoms. The molecule has 3 nitrogen and oxygen atoms in total. The van der Waals surface area contributed by atoms with Gasteiger partial charge in [0.2, 0.25) is 5.95 Å². The monoisotopic (exact) mass is 209 g/mol. The molecule has 1 aromatic heterocycles. The van der Waals surface area contributed by atoms with Gasteiger partial charge in [0, 0.05) is 25.2 Å². The van der Waals surface area contributed by atoms with Gasteiger partial charge >= 0.3 is 0 Å². The minimum Gasteiger partial charge on any atom is -0.351 e. The molecule has 0 aliphatic carbocycles. The third-order valence-electron chi connectivity index (χ3n) is 2.76. The highest BCUT2D eigenvalue weighted by Crippen LogP contribution is 2.17. The molecule has 0 amide bonds. The van der Waals surface area contributed by atoms with Gasteiger partial charge < -0.3 is 10.2 Å². The van der Waals surface area contributed by atoms with E-state index >= 15 is 0 Å². The average Bonchev–Trinajstić information content (AvgIpc) is 2.22. The summed E-state index contributed by atoms with van der Waals surface area (Å²) in [5.74, 6) is 0.321. The molecule has 1 N–H and O–H groups in total. The molecule has 4 heteroatoms. The first-order valence-corrected chi connectivity index (χ1v) is 5.29. The molecule has 1 aliphatic heterocycles. The molecule has 0 spiro atoms. The second kappa shape index (κ2) is 4.14. The molecule has 2 heterocycles. The first-order valence-electron chi connectivity index (χ1n) is 5.29. The lowest BCUT2D eigenvalue weighted by molar-refractivity contribution is 0.420. The fourth-order valence-corrected chi connectivity index (χ4v) is 1.90. The Hall–Kier alpha value is -1.16. The van der Waals surface area contributed by atoms with Crippen molar-refractivity contribution in [1.82, 2.24) is 10.3 Å². The highest BCUT2D eigenvalue weighted by atomic mass is 19.1. The summed E-state index contributed by atoms with van der Waals surface area (Å²) >= 11 is 0. The van der Waals surface area contributed by atoms with E-state index in [1.807, 2.05) is 6.07 Å². The van der Waals surface area contributed by atoms with Gasteiger partial charge in [0.05, 0.1) is 0 Å². The van der Waals surface area contributed by atoms with E-state index in [1.54, 1.807) is 6.07 Å². The molecule has 0 saturated carbocycles. The number of hydrogen-bond donors (Lipinski definition) is 1. The summed E-state index contributed by atoms with van der Waals surface area (Å²) in [7, 11) is 0. The van der Waals surface area contributed by atoms with Crippen LogP contribution in [0, 0.1) is 5.95 Å². The molecular weight excluding hydrogens is 193 g/mol. The summed E-state index contributed by atoms with van der Waals surface area (Å²) in [6, 6.07) is 5.72. The number of anilines is 1. The Morgan fingerprint density at radius 1 is 1.47 bits per heavy atom. The van der Waals surface area contributed by atoms with Crippen LogP contribution in [0.1, 0.15) is 13.8 Å². The molecule has 1 fully saturated rings. The molecule has 1 saturated heterocycles. The SMILES string of the molecule is CC1CN(c2cccc(F)n2)C(C)CN1. The molecule has 2 rings (SSSR count). The molecule has 0 aromatic carbocycles. The highest BCUT2D eigenvalue weighted by Gasteiger charge is 2.23. The number of nitrogens with one attached hydrogen (secondary N) is 1. The highest BCUT2D eigenvalue weighted by molar-refractivity contribution is 5.40. The number of pyridine rings is 1. The summed E-state index contributed by atoms with van der Waals surface area (Å²) < 4.78 is 13.0. The van der Waals surface area contributed by atoms with Gasteiger partial charge in [-0.1, -0.05) is 6.07 Å². The van der Waals surface area contributed by atoms with Crippen LogP contribution in [-0.4, -0.2) is 30.2 Å². The van der Waals surface area contributed by atoms with Gasteiger partial charge in [-0.15, -0.1) is 0 Å². The quantitative estimate of drug-likeness (QED) is 0.709. The lowest BCUT2D eigenvalue weighted by Gasteiger charge is -2.38. The fraction of sp³-hybridized carbons (Fsp3) is 0.545. The Kier molecular flexibility index (Phi) is 2.86. The summed E-state index contributed by atoms with van der Waals surface area (Å²) in [6.45, 7) is 6.03. The van der Waals surface area contributed by atoms with Crippen LogP contribution >= 0.6 is 0 Å². The normalized spacial score (nSPS) is 26.7. The van der Waals surface area contributed by atoms with Crippen molar-refractivity contribution in [3.63, 3.8) is 0 Å². The second-order valence-electron chi connectivity index (χ2n) is 4.13. The predicted molar refractivity (Wildman–Crippen MR) is 58.5 cm³/mol. The maximum Gasteiger partial charge on any atom is 0.214 e. The van der Waals surface area contributed by atoms with Crippen molar-refractivity contribution < 1.29 is 4.39 Å². The molecule has 2 atom stereocenters. The van der Waals surface area contributed by atoms with Crippen LogP contribution in [0.3, 0.4) is 0 Å². The largest absolute Gasteiger partial charge is 0.351 e. The predicted octanol–water partition coefficient (Wildman–Crippen LogP) is 1.41. The molecule has 15 heavy (non-hydrogen) atoms. The van der Waals surface area contributed by atoms with Crippen LogP contribution in [0.15, 0.2) is 18.2 Å². The Labute approximate surface area is 89.3 Å². The molecule has 1 aromatic rings. The van der Waals surface area contributed by atoms with Gasteiger partial charge in [-0.25, -0.2) is 4.98 Å². The zero-order valence-corrected chi connectivity index (χ0v) is 9.07. The van der Waals surface area contributed by atoms with Crippen LogP contribution in [0.5, 0.6) is 0 Å². The van der Waals surface area contributed by atoms with E-state index in [9.17, 15) is 4.39 Å². The van der Waals surface area contributed by atoms with Crippen LogP contribution in [0.4, 0.5) is 10.2 Å². The van der Waals surface area contributed by atoms with Crippen molar-refractivity contribution in [1.29, 1.82) is 0 Å². The van der Waals surface area contributed by atoms with E-state index in [0.29, 0.717) is 12.1 Å². The van der Waals surface area contributed by atoms with E-state index in [1.165, 1.54) is 6.07 Å². The Balaban J connectivity index is 2.21. The van der Waals surface area contributed by atoms with Crippen molar-refractivity contribution in [2.24, 2.45) is 0 Å². The van der Waals surface area contributed by atoms with Crippen molar-refractivity contribution in [3.05, 3.63) is 24.1 Å². The lowest BCUT2D eigenvalue weighted by atomic mass is 10.1. The zero-order valence-electron chi connectivity index (χ0n) is 9.07. The number of piperazine rings is 1. The summed E-state index contributed by atoms with van der Waals surface area (Å²) in [4.78, 5) is 6.06. The standard InChI is InChI=1S/C11H16FN3/c1-8-7-15(9(2)6-13-8)11-5-3-4-10(12)14-11/h3-5,8-9,13H,6-7H2,1-2H3. The topological polar surface area (TPSA) is 28.2 Å². The van der Waals surface area contributed by atoms with E-state index in [0.717, 1.165) is 18.9 Å². The second-order valence-corrected chi connectivity index (χ2v) is 4.13. The van der Waals surface area contributed by atoms with Crippen molar-refractivity contribution in [2.45, 2.75) is 25.9 Å². The van der Waals surface area contributed by atoms with Gasteiger partial charge in [0.15, 0.2) is 0 Å². The molecule has 2 unspecified atom stereocenters. The number of aromatic nitrogens is 1. The Morgan fingerprint density at radius 3 is 3.00 bits per heavy atom. The molecular formula is C11H16FN3. The first kappa shape index (κ1) is 10.4. The van der Waals surface area contributed by atoms with Gasteiger partial charge in [-0.3, -0.25) is 0 Å². The van der Waals surface area contributed by atoms with Crippen LogP contribution in [-0.2, 0) is 0 Å². The number of hydrogen-bond acceptors (Lipinski definition) is 3. The van der Waals surface area contributed by atoms with Gasteiger partial charge in [-0.05, 0) is 26.0 Å². The fourth-order valence-electron chi connectivity index (χ4n) is 1.90. The number of rotatable bonds is 1. The third kappa shape index (κ3) is 2.26. The van der Waals surface area contributed by atoms with Crippen molar-refractivity contribution >= 4 is 5.82 Å². The van der Waals surface area contributed by atoms with Crippen LogP contribution in [0.25, 0.3) is 0 Å². The summed E-state index contributed by atoms with van der Waals surface area (Å²) in [5.41, 5.74) is 0. The van der Waals surface area contributed by atoms with E-state index in [4.69, 9.17) is 0 Å². The third-order valence-corrected chi connectivity index (χ3v) is 2.76. The van der Waals surface area contributed by atoms with Crippen molar-refractivity contribution in [3.8, 4) is 0 Å². The molecule has 82 valence electrons. The van der Waals surface area contributed by atoms with E-state index in [-0.39, 0.29) is 0 Å². The maximum absolute atomic E-state index is 13.0. The van der Waals surface area contributed by atoms with Gasteiger partial charge in [0.1, 0.15) is 5.82 Å². The summed E-state index contributed by atoms with van der Waals surface area (Å²) in [5, 5.41) is 3.38. The van der Waals surface area contributed by atoms with E-state index < -0.39 is 5.95 Å². The molecule has 0 radical (unpaired) electrons.